The van der Waals surface area contributed by atoms with E-state index in [-0.39, 0.29) is 12.1 Å². The van der Waals surface area contributed by atoms with E-state index in [4.69, 9.17) is 0 Å². The van der Waals surface area contributed by atoms with Gasteiger partial charge in [-0.15, -0.1) is 0 Å². The molecule has 4 heteroatoms. The molecule has 1 aliphatic heterocycles. The lowest BCUT2D eigenvalue weighted by atomic mass is 9.92. The molecule has 108 valence electrons. The van der Waals surface area contributed by atoms with Gasteiger partial charge in [0, 0.05) is 37.3 Å². The summed E-state index contributed by atoms with van der Waals surface area (Å²) in [6, 6.07) is 1.10. The Balaban J connectivity index is 2.55. The largest absolute Gasteiger partial charge is 0.394 e. The summed E-state index contributed by atoms with van der Waals surface area (Å²) in [5.74, 6) is 0. The van der Waals surface area contributed by atoms with E-state index in [0.717, 1.165) is 32.6 Å². The fourth-order valence-corrected chi connectivity index (χ4v) is 3.20. The summed E-state index contributed by atoms with van der Waals surface area (Å²) in [7, 11) is 2.19. The third-order valence-electron chi connectivity index (χ3n) is 4.15. The normalized spacial score (nSPS) is 28.0. The third kappa shape index (κ3) is 4.19. The molecule has 1 heterocycles. The van der Waals surface area contributed by atoms with Crippen molar-refractivity contribution in [3.05, 3.63) is 0 Å². The van der Waals surface area contributed by atoms with E-state index in [2.05, 4.69) is 49.9 Å². The van der Waals surface area contributed by atoms with Gasteiger partial charge in [0.2, 0.25) is 0 Å². The van der Waals surface area contributed by atoms with Crippen LogP contribution in [-0.4, -0.2) is 72.4 Å². The standard InChI is InChI=1S/C14H31N3O/c1-6-15-14(4,11-18)9-12(2)17-8-7-16(5)10-13(17)3/h12-13,15,18H,6-11H2,1-5H3. The predicted octanol–water partition coefficient (Wildman–Crippen LogP) is 0.761. The number of nitrogens with zero attached hydrogens (tertiary/aromatic N) is 2. The highest BCUT2D eigenvalue weighted by atomic mass is 16.3. The van der Waals surface area contributed by atoms with E-state index in [1.165, 1.54) is 0 Å². The fraction of sp³-hybridized carbons (Fsp3) is 1.00. The summed E-state index contributed by atoms with van der Waals surface area (Å²) < 4.78 is 0. The Labute approximate surface area is 112 Å². The zero-order valence-corrected chi connectivity index (χ0v) is 12.7. The van der Waals surface area contributed by atoms with Crippen molar-refractivity contribution in [3.63, 3.8) is 0 Å². The van der Waals surface area contributed by atoms with Gasteiger partial charge < -0.3 is 15.3 Å². The van der Waals surface area contributed by atoms with Gasteiger partial charge >= 0.3 is 0 Å². The van der Waals surface area contributed by atoms with Crippen molar-refractivity contribution >= 4 is 0 Å². The molecule has 3 unspecified atom stereocenters. The molecule has 0 aliphatic carbocycles. The van der Waals surface area contributed by atoms with Crippen LogP contribution in [0.3, 0.4) is 0 Å². The smallest absolute Gasteiger partial charge is 0.0611 e. The molecule has 3 atom stereocenters. The Hall–Kier alpha value is -0.160. The van der Waals surface area contributed by atoms with Crippen LogP contribution < -0.4 is 5.32 Å². The first kappa shape index (κ1) is 15.9. The lowest BCUT2D eigenvalue weighted by Crippen LogP contribution is -2.57. The van der Waals surface area contributed by atoms with Gasteiger partial charge in [-0.2, -0.15) is 0 Å². The van der Waals surface area contributed by atoms with Gasteiger partial charge in [0.25, 0.3) is 0 Å². The zero-order chi connectivity index (χ0) is 13.8. The SMILES string of the molecule is CCNC(C)(CO)CC(C)N1CCN(C)CC1C. The summed E-state index contributed by atoms with van der Waals surface area (Å²) in [6.07, 6.45) is 0.991. The highest BCUT2D eigenvalue weighted by molar-refractivity contribution is 4.90. The van der Waals surface area contributed by atoms with Gasteiger partial charge in [-0.1, -0.05) is 6.92 Å². The maximum atomic E-state index is 9.58. The van der Waals surface area contributed by atoms with Crippen molar-refractivity contribution in [2.45, 2.75) is 51.7 Å². The van der Waals surface area contributed by atoms with Crippen molar-refractivity contribution in [2.24, 2.45) is 0 Å². The number of rotatable bonds is 6. The molecule has 0 aromatic carbocycles. The van der Waals surface area contributed by atoms with Crippen LogP contribution in [0.15, 0.2) is 0 Å². The van der Waals surface area contributed by atoms with Crippen molar-refractivity contribution in [1.82, 2.24) is 15.1 Å². The Bertz CT molecular complexity index is 249. The van der Waals surface area contributed by atoms with Crippen LogP contribution in [-0.2, 0) is 0 Å². The molecular formula is C14H31N3O. The summed E-state index contributed by atoms with van der Waals surface area (Å²) in [5, 5.41) is 13.0. The molecule has 0 aromatic rings. The van der Waals surface area contributed by atoms with Gasteiger partial charge in [0.05, 0.1) is 6.61 Å². The van der Waals surface area contributed by atoms with Gasteiger partial charge in [-0.3, -0.25) is 4.90 Å². The van der Waals surface area contributed by atoms with Crippen LogP contribution in [0.25, 0.3) is 0 Å². The first-order valence-corrected chi connectivity index (χ1v) is 7.22. The molecule has 2 N–H and O–H groups in total. The first-order valence-electron chi connectivity index (χ1n) is 7.22. The fourth-order valence-electron chi connectivity index (χ4n) is 3.20. The van der Waals surface area contributed by atoms with Gasteiger partial charge in [-0.05, 0) is 40.8 Å². The van der Waals surface area contributed by atoms with Crippen molar-refractivity contribution < 1.29 is 5.11 Å². The summed E-state index contributed by atoms with van der Waals surface area (Å²) in [6.45, 7) is 13.3. The lowest BCUT2D eigenvalue weighted by Gasteiger charge is -2.44. The molecule has 0 saturated carbocycles. The molecule has 4 nitrogen and oxygen atoms in total. The number of likely N-dealkylation sites (N-methyl/N-ethyl adjacent to an activating group) is 2. The maximum Gasteiger partial charge on any atom is 0.0611 e. The minimum atomic E-state index is -0.156. The molecule has 0 radical (unpaired) electrons. The second-order valence-corrected chi connectivity index (χ2v) is 6.15. The minimum Gasteiger partial charge on any atom is -0.394 e. The molecule has 18 heavy (non-hydrogen) atoms. The number of hydrogen-bond acceptors (Lipinski definition) is 4. The van der Waals surface area contributed by atoms with Crippen LogP contribution in [0.1, 0.15) is 34.1 Å². The molecule has 1 fully saturated rings. The zero-order valence-electron chi connectivity index (χ0n) is 12.7. The van der Waals surface area contributed by atoms with Crippen molar-refractivity contribution in [3.8, 4) is 0 Å². The Morgan fingerprint density at radius 3 is 2.61 bits per heavy atom. The monoisotopic (exact) mass is 257 g/mol. The van der Waals surface area contributed by atoms with Crippen LogP contribution in [0.4, 0.5) is 0 Å². The van der Waals surface area contributed by atoms with Gasteiger partial charge in [0.15, 0.2) is 0 Å². The van der Waals surface area contributed by atoms with Crippen LogP contribution in [0.5, 0.6) is 0 Å². The minimum absolute atomic E-state index is 0.156. The number of hydrogen-bond donors (Lipinski definition) is 2. The van der Waals surface area contributed by atoms with E-state index in [0.29, 0.717) is 12.1 Å². The van der Waals surface area contributed by atoms with E-state index < -0.39 is 0 Å². The molecule has 1 aliphatic rings. The van der Waals surface area contributed by atoms with Crippen LogP contribution in [0, 0.1) is 0 Å². The maximum absolute atomic E-state index is 9.58. The number of aliphatic hydroxyl groups is 1. The van der Waals surface area contributed by atoms with Crippen LogP contribution in [0.2, 0.25) is 0 Å². The topological polar surface area (TPSA) is 38.7 Å². The Morgan fingerprint density at radius 1 is 1.44 bits per heavy atom. The number of aliphatic hydroxyl groups excluding tert-OH is 1. The average molecular weight is 257 g/mol. The number of piperazine rings is 1. The third-order valence-corrected chi connectivity index (χ3v) is 4.15. The molecule has 0 bridgehead atoms. The van der Waals surface area contributed by atoms with Crippen LogP contribution >= 0.6 is 0 Å². The van der Waals surface area contributed by atoms with E-state index in [1.54, 1.807) is 0 Å². The average Bonchev–Trinajstić information content (AvgIpc) is 2.28. The van der Waals surface area contributed by atoms with Gasteiger partial charge in [-0.25, -0.2) is 0 Å². The highest BCUT2D eigenvalue weighted by Crippen LogP contribution is 2.20. The predicted molar refractivity (Wildman–Crippen MR) is 76.9 cm³/mol. The van der Waals surface area contributed by atoms with E-state index in [1.807, 2.05) is 0 Å². The second kappa shape index (κ2) is 6.85. The van der Waals surface area contributed by atoms with Crippen molar-refractivity contribution in [1.29, 1.82) is 0 Å². The molecule has 0 spiro atoms. The van der Waals surface area contributed by atoms with E-state index in [9.17, 15) is 5.11 Å². The van der Waals surface area contributed by atoms with E-state index >= 15 is 0 Å². The van der Waals surface area contributed by atoms with Gasteiger partial charge in [0.1, 0.15) is 0 Å². The molecule has 0 aromatic heterocycles. The number of nitrogens with one attached hydrogen (secondary N) is 1. The molecular weight excluding hydrogens is 226 g/mol. The highest BCUT2D eigenvalue weighted by Gasteiger charge is 2.31. The summed E-state index contributed by atoms with van der Waals surface area (Å²) in [5.41, 5.74) is -0.156. The summed E-state index contributed by atoms with van der Waals surface area (Å²) in [4.78, 5) is 4.97. The Morgan fingerprint density at radius 2 is 2.11 bits per heavy atom. The molecule has 1 saturated heterocycles. The molecule has 1 rings (SSSR count). The second-order valence-electron chi connectivity index (χ2n) is 6.15. The quantitative estimate of drug-likeness (QED) is 0.737. The molecule has 0 amide bonds. The lowest BCUT2D eigenvalue weighted by molar-refractivity contribution is 0.0439. The van der Waals surface area contributed by atoms with Crippen molar-refractivity contribution in [2.75, 3.05) is 39.8 Å². The first-order chi connectivity index (χ1) is 8.41. The Kier molecular flexibility index (Phi) is 6.05. The summed E-state index contributed by atoms with van der Waals surface area (Å²) >= 11 is 0.